The molecule has 1 N–H and O–H groups in total. The maximum Gasteiger partial charge on any atom is 0.358 e. The van der Waals surface area contributed by atoms with E-state index < -0.39 is 5.97 Å². The third-order valence-corrected chi connectivity index (χ3v) is 6.16. The summed E-state index contributed by atoms with van der Waals surface area (Å²) >= 11 is 2.89. The fraction of sp³-hybridized carbons (Fsp3) is 0.0435. The van der Waals surface area contributed by atoms with Gasteiger partial charge in [0.15, 0.2) is 18.1 Å². The highest BCUT2D eigenvalue weighted by Gasteiger charge is 2.16. The van der Waals surface area contributed by atoms with E-state index in [0.717, 1.165) is 9.88 Å². The van der Waals surface area contributed by atoms with Crippen LogP contribution in [0, 0.1) is 0 Å². The number of benzene rings is 2. The Labute approximate surface area is 186 Å². The van der Waals surface area contributed by atoms with Crippen LogP contribution >= 0.6 is 22.7 Å². The zero-order valence-electron chi connectivity index (χ0n) is 16.1. The van der Waals surface area contributed by atoms with Crippen LogP contribution in [0.2, 0.25) is 0 Å². The zero-order chi connectivity index (χ0) is 21.6. The Morgan fingerprint density at radius 2 is 1.65 bits per heavy atom. The lowest BCUT2D eigenvalue weighted by Gasteiger charge is -2.07. The summed E-state index contributed by atoms with van der Waals surface area (Å²) in [5.74, 6) is -1.22. The number of hydrogen-bond acceptors (Lipinski definition) is 7. The van der Waals surface area contributed by atoms with Gasteiger partial charge < -0.3 is 10.1 Å². The summed E-state index contributed by atoms with van der Waals surface area (Å²) in [6, 6.07) is 19.1. The molecule has 0 unspecified atom stereocenters. The van der Waals surface area contributed by atoms with Gasteiger partial charge in [-0.25, -0.2) is 9.78 Å². The summed E-state index contributed by atoms with van der Waals surface area (Å²) < 4.78 is 5.12. The van der Waals surface area contributed by atoms with Gasteiger partial charge in [0.1, 0.15) is 5.01 Å². The molecule has 0 aliphatic heterocycles. The van der Waals surface area contributed by atoms with Crippen LogP contribution in [-0.2, 0) is 4.74 Å². The van der Waals surface area contributed by atoms with E-state index >= 15 is 0 Å². The zero-order valence-corrected chi connectivity index (χ0v) is 17.7. The molecule has 2 aromatic carbocycles. The highest BCUT2D eigenvalue weighted by atomic mass is 32.1. The van der Waals surface area contributed by atoms with Crippen LogP contribution in [0.3, 0.4) is 0 Å². The van der Waals surface area contributed by atoms with Crippen molar-refractivity contribution >= 4 is 46.0 Å². The molecule has 2 aromatic heterocycles. The van der Waals surface area contributed by atoms with E-state index in [4.69, 9.17) is 4.74 Å². The molecular formula is C23H16N2O4S2. The van der Waals surface area contributed by atoms with Gasteiger partial charge in [-0.3, -0.25) is 9.59 Å². The van der Waals surface area contributed by atoms with Crippen LogP contribution in [0.5, 0.6) is 0 Å². The van der Waals surface area contributed by atoms with Crippen LogP contribution in [0.25, 0.3) is 9.88 Å². The minimum absolute atomic E-state index is 0.181. The maximum atomic E-state index is 12.3. The van der Waals surface area contributed by atoms with Crippen molar-refractivity contribution in [2.75, 3.05) is 11.9 Å². The molecule has 0 spiro atoms. The molecule has 8 heteroatoms. The molecule has 0 saturated heterocycles. The molecule has 154 valence electrons. The van der Waals surface area contributed by atoms with E-state index in [1.165, 1.54) is 22.7 Å². The van der Waals surface area contributed by atoms with Crippen LogP contribution in [0.15, 0.2) is 77.5 Å². The van der Waals surface area contributed by atoms with Crippen LogP contribution in [-0.4, -0.2) is 29.3 Å². The lowest BCUT2D eigenvalue weighted by atomic mass is 10.1. The van der Waals surface area contributed by atoms with Crippen molar-refractivity contribution in [3.63, 3.8) is 0 Å². The Morgan fingerprint density at radius 3 is 2.35 bits per heavy atom. The fourth-order valence-corrected chi connectivity index (χ4v) is 4.30. The average molecular weight is 449 g/mol. The van der Waals surface area contributed by atoms with Crippen LogP contribution in [0.4, 0.5) is 5.69 Å². The standard InChI is InChI=1S/C23H16N2O4S2/c26-19(13-29-23(28)18-14-31-22(25-18)20-7-4-12-30-20)15-8-10-17(11-9-15)24-21(27)16-5-2-1-3-6-16/h1-12,14H,13H2,(H,24,27). The number of carbonyl (C=O) groups is 3. The van der Waals surface area contributed by atoms with Gasteiger partial charge in [0.05, 0.1) is 4.88 Å². The summed E-state index contributed by atoms with van der Waals surface area (Å²) in [5, 5.41) is 7.06. The minimum Gasteiger partial charge on any atom is -0.453 e. The van der Waals surface area contributed by atoms with E-state index in [1.807, 2.05) is 23.6 Å². The third-order valence-electron chi connectivity index (χ3n) is 4.28. The molecule has 0 aliphatic rings. The Balaban J connectivity index is 1.31. The summed E-state index contributed by atoms with van der Waals surface area (Å²) in [6.45, 7) is -0.388. The number of nitrogens with zero attached hydrogens (tertiary/aromatic N) is 1. The molecule has 4 aromatic rings. The highest BCUT2D eigenvalue weighted by molar-refractivity contribution is 7.20. The minimum atomic E-state index is -0.640. The number of ether oxygens (including phenoxy) is 1. The number of aromatic nitrogens is 1. The SMILES string of the molecule is O=C(COC(=O)c1csc(-c2cccs2)n1)c1ccc(NC(=O)c2ccccc2)cc1. The number of thiazole rings is 1. The summed E-state index contributed by atoms with van der Waals surface area (Å²) in [7, 11) is 0. The van der Waals surface area contributed by atoms with E-state index in [2.05, 4.69) is 10.3 Å². The topological polar surface area (TPSA) is 85.4 Å². The van der Waals surface area contributed by atoms with Gasteiger partial charge in [-0.1, -0.05) is 24.3 Å². The normalized spacial score (nSPS) is 10.5. The van der Waals surface area contributed by atoms with E-state index in [1.54, 1.807) is 53.9 Å². The number of thiophene rings is 1. The molecule has 0 bridgehead atoms. The number of nitrogens with one attached hydrogen (secondary N) is 1. The van der Waals surface area contributed by atoms with Gasteiger partial charge in [-0.15, -0.1) is 22.7 Å². The molecular weight excluding hydrogens is 432 g/mol. The number of hydrogen-bond donors (Lipinski definition) is 1. The summed E-state index contributed by atoms with van der Waals surface area (Å²) in [6.07, 6.45) is 0. The van der Waals surface area contributed by atoms with Crippen molar-refractivity contribution in [1.29, 1.82) is 0 Å². The second-order valence-corrected chi connectivity index (χ2v) is 8.22. The van der Waals surface area contributed by atoms with Crippen molar-refractivity contribution < 1.29 is 19.1 Å². The van der Waals surface area contributed by atoms with Gasteiger partial charge in [0.2, 0.25) is 0 Å². The predicted molar refractivity (Wildman–Crippen MR) is 121 cm³/mol. The molecule has 0 saturated carbocycles. The molecule has 6 nitrogen and oxygen atoms in total. The molecule has 0 fully saturated rings. The molecule has 2 heterocycles. The maximum absolute atomic E-state index is 12.3. The lowest BCUT2D eigenvalue weighted by molar-refractivity contribution is 0.0470. The summed E-state index contributed by atoms with van der Waals surface area (Å²) in [4.78, 5) is 42.0. The fourth-order valence-electron chi connectivity index (χ4n) is 2.70. The van der Waals surface area contributed by atoms with Crippen molar-refractivity contribution in [3.8, 4) is 9.88 Å². The Hall–Kier alpha value is -3.62. The highest BCUT2D eigenvalue weighted by Crippen LogP contribution is 2.28. The molecule has 1 amide bonds. The van der Waals surface area contributed by atoms with Crippen molar-refractivity contribution in [2.45, 2.75) is 0 Å². The van der Waals surface area contributed by atoms with Crippen molar-refractivity contribution in [1.82, 2.24) is 4.98 Å². The average Bonchev–Trinajstić information content (AvgIpc) is 3.50. The molecule has 0 atom stereocenters. The van der Waals surface area contributed by atoms with Gasteiger partial charge >= 0.3 is 5.97 Å². The number of Topliss-reactive ketones (excluding diaryl/α,β-unsaturated/α-hetero) is 1. The molecule has 4 rings (SSSR count). The first-order valence-electron chi connectivity index (χ1n) is 9.26. The Morgan fingerprint density at radius 1 is 0.871 bits per heavy atom. The predicted octanol–water partition coefficient (Wildman–Crippen LogP) is 5.16. The number of esters is 1. The van der Waals surface area contributed by atoms with Crippen molar-refractivity contribution in [2.24, 2.45) is 0 Å². The first kappa shape index (κ1) is 20.6. The molecule has 0 radical (unpaired) electrons. The first-order valence-corrected chi connectivity index (χ1v) is 11.0. The van der Waals surface area contributed by atoms with Gasteiger partial charge in [0.25, 0.3) is 5.91 Å². The second-order valence-electron chi connectivity index (χ2n) is 6.41. The van der Waals surface area contributed by atoms with E-state index in [-0.39, 0.29) is 24.0 Å². The Bertz CT molecular complexity index is 1200. The molecule has 0 aliphatic carbocycles. The lowest BCUT2D eigenvalue weighted by Crippen LogP contribution is -2.15. The summed E-state index contributed by atoms with van der Waals surface area (Å²) in [5.41, 5.74) is 1.66. The van der Waals surface area contributed by atoms with E-state index in [0.29, 0.717) is 16.8 Å². The smallest absolute Gasteiger partial charge is 0.358 e. The number of anilines is 1. The number of rotatable bonds is 7. The van der Waals surface area contributed by atoms with Crippen molar-refractivity contribution in [3.05, 3.63) is 94.3 Å². The third kappa shape index (κ3) is 5.11. The second kappa shape index (κ2) is 9.46. The monoisotopic (exact) mass is 448 g/mol. The molecule has 31 heavy (non-hydrogen) atoms. The quantitative estimate of drug-likeness (QED) is 0.312. The van der Waals surface area contributed by atoms with Gasteiger partial charge in [0, 0.05) is 22.2 Å². The number of ketones is 1. The van der Waals surface area contributed by atoms with Gasteiger partial charge in [-0.2, -0.15) is 0 Å². The number of amides is 1. The first-order chi connectivity index (χ1) is 15.1. The van der Waals surface area contributed by atoms with Gasteiger partial charge in [-0.05, 0) is 47.8 Å². The van der Waals surface area contributed by atoms with Crippen LogP contribution in [0.1, 0.15) is 31.2 Å². The number of carbonyl (C=O) groups excluding carboxylic acids is 3. The largest absolute Gasteiger partial charge is 0.453 e. The van der Waals surface area contributed by atoms with E-state index in [9.17, 15) is 14.4 Å². The Kier molecular flexibility index (Phi) is 6.30. The van der Waals surface area contributed by atoms with Crippen LogP contribution < -0.4 is 5.32 Å².